The second kappa shape index (κ2) is 7.11. The van der Waals surface area contributed by atoms with E-state index >= 15 is 0 Å². The lowest BCUT2D eigenvalue weighted by Gasteiger charge is -2.18. The number of nitriles is 1. The molecule has 0 amide bonds. The summed E-state index contributed by atoms with van der Waals surface area (Å²) in [5, 5.41) is 8.78. The number of esters is 1. The van der Waals surface area contributed by atoms with Crippen LogP contribution in [0.15, 0.2) is 54.6 Å². The zero-order valence-corrected chi connectivity index (χ0v) is 11.7. The maximum absolute atomic E-state index is 12.1. The van der Waals surface area contributed by atoms with Gasteiger partial charge >= 0.3 is 5.97 Å². The largest absolute Gasteiger partial charge is 0.474 e. The average Bonchev–Trinajstić information content (AvgIpc) is 2.54. The summed E-state index contributed by atoms with van der Waals surface area (Å²) in [6.45, 7) is 2.04. The van der Waals surface area contributed by atoms with Gasteiger partial charge in [-0.1, -0.05) is 30.3 Å². The highest BCUT2D eigenvalue weighted by Crippen LogP contribution is 2.23. The van der Waals surface area contributed by atoms with Crippen LogP contribution in [0.2, 0.25) is 0 Å². The predicted molar refractivity (Wildman–Crippen MR) is 77.6 cm³/mol. The fraction of sp³-hybridized carbons (Fsp3) is 0.176. The van der Waals surface area contributed by atoms with Crippen LogP contribution in [0, 0.1) is 11.3 Å². The maximum Gasteiger partial charge on any atom is 0.352 e. The van der Waals surface area contributed by atoms with Gasteiger partial charge in [0.25, 0.3) is 0 Å². The molecule has 0 aromatic heterocycles. The molecule has 0 saturated carbocycles. The van der Waals surface area contributed by atoms with Gasteiger partial charge in [-0.25, -0.2) is 4.79 Å². The van der Waals surface area contributed by atoms with Crippen LogP contribution in [-0.4, -0.2) is 12.6 Å². The molecule has 4 nitrogen and oxygen atoms in total. The average molecular weight is 281 g/mol. The molecule has 1 atom stereocenters. The Morgan fingerprint density at radius 1 is 1.14 bits per heavy atom. The van der Waals surface area contributed by atoms with Gasteiger partial charge in [-0.05, 0) is 31.2 Å². The Bertz CT molecular complexity index is 629. The molecule has 106 valence electrons. The zero-order chi connectivity index (χ0) is 15.1. The Morgan fingerprint density at radius 2 is 1.81 bits per heavy atom. The maximum atomic E-state index is 12.1. The summed E-state index contributed by atoms with van der Waals surface area (Å²) in [7, 11) is 0. The minimum Gasteiger partial charge on any atom is -0.474 e. The van der Waals surface area contributed by atoms with Crippen molar-refractivity contribution in [2.45, 2.75) is 13.0 Å². The van der Waals surface area contributed by atoms with Crippen molar-refractivity contribution < 1.29 is 14.3 Å². The lowest BCUT2D eigenvalue weighted by molar-refractivity contribution is -0.151. The molecule has 0 fully saturated rings. The molecule has 2 aromatic carbocycles. The number of nitrogens with zero attached hydrogens (tertiary/aromatic N) is 1. The Kier molecular flexibility index (Phi) is 4.94. The molecule has 2 rings (SSSR count). The van der Waals surface area contributed by atoms with E-state index in [0.717, 1.165) is 5.56 Å². The summed E-state index contributed by atoms with van der Waals surface area (Å²) >= 11 is 0. The van der Waals surface area contributed by atoms with Crippen LogP contribution in [0.25, 0.3) is 0 Å². The molecule has 0 spiro atoms. The van der Waals surface area contributed by atoms with Gasteiger partial charge in [0.15, 0.2) is 0 Å². The number of ether oxygens (including phenoxy) is 2. The smallest absolute Gasteiger partial charge is 0.352 e. The third kappa shape index (κ3) is 3.83. The molecular weight excluding hydrogens is 266 g/mol. The van der Waals surface area contributed by atoms with Crippen molar-refractivity contribution in [3.63, 3.8) is 0 Å². The topological polar surface area (TPSA) is 59.3 Å². The Hall–Kier alpha value is -2.80. The van der Waals surface area contributed by atoms with E-state index in [9.17, 15) is 4.79 Å². The quantitative estimate of drug-likeness (QED) is 0.789. The van der Waals surface area contributed by atoms with Crippen LogP contribution in [0.1, 0.15) is 24.2 Å². The molecule has 0 saturated heterocycles. The summed E-state index contributed by atoms with van der Waals surface area (Å²) in [6.07, 6.45) is -0.820. The van der Waals surface area contributed by atoms with Crippen molar-refractivity contribution in [1.29, 1.82) is 5.26 Å². The number of hydrogen-bond donors (Lipinski definition) is 0. The number of hydrogen-bond acceptors (Lipinski definition) is 4. The van der Waals surface area contributed by atoms with E-state index in [2.05, 4.69) is 0 Å². The third-order valence-electron chi connectivity index (χ3n) is 2.84. The van der Waals surface area contributed by atoms with Gasteiger partial charge in [-0.2, -0.15) is 5.26 Å². The predicted octanol–water partition coefficient (Wildman–Crippen LogP) is 3.24. The van der Waals surface area contributed by atoms with Crippen LogP contribution in [0.3, 0.4) is 0 Å². The Balaban J connectivity index is 2.23. The summed E-state index contributed by atoms with van der Waals surface area (Å²) in [5.74, 6) is 0.0731. The molecule has 21 heavy (non-hydrogen) atoms. The lowest BCUT2D eigenvalue weighted by atomic mass is 10.1. The first-order valence-corrected chi connectivity index (χ1v) is 6.63. The lowest BCUT2D eigenvalue weighted by Crippen LogP contribution is -2.21. The van der Waals surface area contributed by atoms with Gasteiger partial charge in [0, 0.05) is 5.56 Å². The van der Waals surface area contributed by atoms with Crippen LogP contribution in [0.4, 0.5) is 0 Å². The van der Waals surface area contributed by atoms with Gasteiger partial charge in [-0.3, -0.25) is 0 Å². The number of carbonyl (C=O) groups is 1. The zero-order valence-electron chi connectivity index (χ0n) is 11.7. The van der Waals surface area contributed by atoms with E-state index in [1.807, 2.05) is 36.4 Å². The molecule has 4 heteroatoms. The van der Waals surface area contributed by atoms with Crippen LogP contribution < -0.4 is 4.74 Å². The van der Waals surface area contributed by atoms with Crippen LogP contribution in [0.5, 0.6) is 5.75 Å². The summed E-state index contributed by atoms with van der Waals surface area (Å²) in [4.78, 5) is 12.1. The number of rotatable bonds is 5. The van der Waals surface area contributed by atoms with Crippen LogP contribution in [-0.2, 0) is 9.53 Å². The van der Waals surface area contributed by atoms with E-state index in [-0.39, 0.29) is 0 Å². The van der Waals surface area contributed by atoms with Crippen molar-refractivity contribution in [1.82, 2.24) is 0 Å². The van der Waals surface area contributed by atoms with E-state index in [4.69, 9.17) is 14.7 Å². The molecule has 0 radical (unpaired) electrons. The number of benzene rings is 2. The molecule has 0 heterocycles. The van der Waals surface area contributed by atoms with Gasteiger partial charge < -0.3 is 9.47 Å². The first kappa shape index (κ1) is 14.6. The monoisotopic (exact) mass is 281 g/mol. The first-order valence-electron chi connectivity index (χ1n) is 6.63. The molecule has 0 aliphatic heterocycles. The summed E-state index contributed by atoms with van der Waals surface area (Å²) in [5.41, 5.74) is 1.26. The third-order valence-corrected chi connectivity index (χ3v) is 2.84. The Labute approximate surface area is 123 Å². The second-order valence-corrected chi connectivity index (χ2v) is 4.30. The van der Waals surface area contributed by atoms with Gasteiger partial charge in [0.2, 0.25) is 6.10 Å². The fourth-order valence-corrected chi connectivity index (χ4v) is 1.84. The van der Waals surface area contributed by atoms with E-state index < -0.39 is 12.1 Å². The molecular formula is C17H15NO3. The Morgan fingerprint density at radius 3 is 2.38 bits per heavy atom. The molecule has 0 bridgehead atoms. The molecule has 0 aliphatic carbocycles. The van der Waals surface area contributed by atoms with Gasteiger partial charge in [0.05, 0.1) is 18.2 Å². The SMILES string of the molecule is CCOC(=O)[C@H](Oc1ccc(C#N)cc1)c1ccccc1. The standard InChI is InChI=1S/C17H15NO3/c1-2-20-17(19)16(14-6-4-3-5-7-14)21-15-10-8-13(12-18)9-11-15/h3-11,16H,2H2,1H3/t16-/m1/s1. The second-order valence-electron chi connectivity index (χ2n) is 4.30. The van der Waals surface area contributed by atoms with Crippen molar-refractivity contribution in [3.8, 4) is 11.8 Å². The number of carbonyl (C=O) groups excluding carboxylic acids is 1. The van der Waals surface area contributed by atoms with Crippen molar-refractivity contribution in [3.05, 3.63) is 65.7 Å². The van der Waals surface area contributed by atoms with E-state index in [1.165, 1.54) is 0 Å². The highest BCUT2D eigenvalue weighted by molar-refractivity contribution is 5.77. The van der Waals surface area contributed by atoms with Crippen LogP contribution >= 0.6 is 0 Å². The van der Waals surface area contributed by atoms with E-state index in [1.54, 1.807) is 31.2 Å². The van der Waals surface area contributed by atoms with E-state index in [0.29, 0.717) is 17.9 Å². The molecule has 2 aromatic rings. The van der Waals surface area contributed by atoms with Crippen molar-refractivity contribution >= 4 is 5.97 Å². The van der Waals surface area contributed by atoms with Crippen molar-refractivity contribution in [2.75, 3.05) is 6.61 Å². The highest BCUT2D eigenvalue weighted by atomic mass is 16.6. The first-order chi connectivity index (χ1) is 10.2. The minimum absolute atomic E-state index is 0.291. The molecule has 0 N–H and O–H groups in total. The normalized spacial score (nSPS) is 11.2. The summed E-state index contributed by atoms with van der Waals surface area (Å²) in [6, 6.07) is 17.8. The minimum atomic E-state index is -0.820. The van der Waals surface area contributed by atoms with Gasteiger partial charge in [0.1, 0.15) is 5.75 Å². The van der Waals surface area contributed by atoms with Gasteiger partial charge in [-0.15, -0.1) is 0 Å². The fourth-order valence-electron chi connectivity index (χ4n) is 1.84. The van der Waals surface area contributed by atoms with Crippen molar-refractivity contribution in [2.24, 2.45) is 0 Å². The molecule has 0 aliphatic rings. The highest BCUT2D eigenvalue weighted by Gasteiger charge is 2.23. The summed E-state index contributed by atoms with van der Waals surface area (Å²) < 4.78 is 10.8. The molecule has 0 unspecified atom stereocenters.